The Labute approximate surface area is 260 Å². The molecule has 43 heavy (non-hydrogen) atoms. The lowest BCUT2D eigenvalue weighted by Gasteiger charge is -2.56. The Morgan fingerprint density at radius 1 is 1.09 bits per heavy atom. The van der Waals surface area contributed by atoms with E-state index >= 15 is 0 Å². The second-order valence-corrected chi connectivity index (χ2v) is 12.8. The number of carbonyl (C=O) groups excluding carboxylic acids is 3. The molecule has 1 N–H and O–H groups in total. The summed E-state index contributed by atoms with van der Waals surface area (Å²) in [4.78, 5) is 48.0. The second kappa shape index (κ2) is 13.2. The van der Waals surface area contributed by atoms with Gasteiger partial charge >= 0.3 is 12.1 Å². The van der Waals surface area contributed by atoms with Gasteiger partial charge in [0.2, 0.25) is 0 Å². The van der Waals surface area contributed by atoms with E-state index in [0.717, 1.165) is 66.6 Å². The number of rotatable bonds is 7. The normalized spacial score (nSPS) is 23.5. The van der Waals surface area contributed by atoms with E-state index in [1.54, 1.807) is 4.90 Å². The van der Waals surface area contributed by atoms with Gasteiger partial charge in [-0.15, -0.1) is 0 Å². The monoisotopic (exact) mass is 609 g/mol. The van der Waals surface area contributed by atoms with Crippen LogP contribution in [0.1, 0.15) is 54.4 Å². The molecule has 0 aliphatic carbocycles. The number of fused-ring (bicyclic) bond motifs is 1. The summed E-state index contributed by atoms with van der Waals surface area (Å²) in [5, 5.41) is 3.81. The number of urea groups is 1. The van der Waals surface area contributed by atoms with Crippen LogP contribution in [0, 0.1) is 13.8 Å². The minimum Gasteiger partial charge on any atom is -0.445 e. The van der Waals surface area contributed by atoms with E-state index in [1.165, 1.54) is 0 Å². The number of piperidine rings is 2. The zero-order valence-corrected chi connectivity index (χ0v) is 26.5. The summed E-state index contributed by atoms with van der Waals surface area (Å²) < 4.78 is 5.93. The Bertz CT molecular complexity index is 1320. The average molecular weight is 610 g/mol. The van der Waals surface area contributed by atoms with Crippen molar-refractivity contribution in [2.24, 2.45) is 0 Å². The minimum absolute atomic E-state index is 0.115. The molecule has 5 rings (SSSR count). The van der Waals surface area contributed by atoms with E-state index in [2.05, 4.69) is 29.2 Å². The van der Waals surface area contributed by atoms with Crippen LogP contribution in [0.5, 0.6) is 0 Å². The van der Waals surface area contributed by atoms with Crippen LogP contribution in [-0.2, 0) is 22.6 Å². The van der Waals surface area contributed by atoms with Crippen molar-refractivity contribution in [1.82, 2.24) is 19.6 Å². The standard InChI is InChI=1S/C33H44ClN5O4/c1-23-19-25(20-24(2)30(23)34)22-43-32(42)39-17-12-28(38-16-9-26-7-5-6-8-29(26)35-31(38)41)21-33(39,13-18-40)37-14-10-27(11-15-37)36(3)4/h5-8,18-20,27-28H,9-17,21-22H2,1-4H3,(H,35,41)/t28-,33+/m1/s1. The lowest BCUT2D eigenvalue weighted by molar-refractivity contribution is -0.128. The van der Waals surface area contributed by atoms with Crippen LogP contribution in [0.3, 0.4) is 0 Å². The van der Waals surface area contributed by atoms with Crippen LogP contribution in [-0.4, -0.2) is 96.0 Å². The third kappa shape index (κ3) is 6.54. The molecule has 3 amide bonds. The molecule has 9 nitrogen and oxygen atoms in total. The molecule has 2 fully saturated rings. The van der Waals surface area contributed by atoms with E-state index in [4.69, 9.17) is 16.3 Å². The largest absolute Gasteiger partial charge is 0.445 e. The van der Waals surface area contributed by atoms with Crippen LogP contribution in [0.15, 0.2) is 36.4 Å². The predicted molar refractivity (Wildman–Crippen MR) is 168 cm³/mol. The maximum Gasteiger partial charge on any atom is 0.411 e. The molecule has 2 saturated heterocycles. The minimum atomic E-state index is -0.885. The number of aldehydes is 1. The van der Waals surface area contributed by atoms with Crippen molar-refractivity contribution in [3.63, 3.8) is 0 Å². The Morgan fingerprint density at radius 2 is 1.79 bits per heavy atom. The van der Waals surface area contributed by atoms with E-state index in [0.29, 0.717) is 37.0 Å². The molecule has 3 aliphatic heterocycles. The highest BCUT2D eigenvalue weighted by Gasteiger charge is 2.51. The molecule has 2 atom stereocenters. The van der Waals surface area contributed by atoms with Crippen LogP contribution in [0.4, 0.5) is 15.3 Å². The predicted octanol–water partition coefficient (Wildman–Crippen LogP) is 5.46. The Morgan fingerprint density at radius 3 is 2.47 bits per heavy atom. The molecule has 232 valence electrons. The molecule has 2 aromatic rings. The van der Waals surface area contributed by atoms with Gasteiger partial charge in [0, 0.05) is 61.8 Å². The zero-order chi connectivity index (χ0) is 30.7. The second-order valence-electron chi connectivity index (χ2n) is 12.5. The first-order chi connectivity index (χ1) is 20.6. The highest BCUT2D eigenvalue weighted by molar-refractivity contribution is 6.32. The number of amides is 3. The molecule has 0 saturated carbocycles. The molecule has 0 spiro atoms. The number of para-hydroxylation sites is 1. The van der Waals surface area contributed by atoms with E-state index in [9.17, 15) is 14.4 Å². The number of likely N-dealkylation sites (tertiary alicyclic amines) is 2. The fraction of sp³-hybridized carbons (Fsp3) is 0.545. The summed E-state index contributed by atoms with van der Waals surface area (Å²) in [6.45, 7) is 6.46. The molecule has 0 unspecified atom stereocenters. The first-order valence-electron chi connectivity index (χ1n) is 15.3. The number of halogens is 1. The highest BCUT2D eigenvalue weighted by Crippen LogP contribution is 2.39. The van der Waals surface area contributed by atoms with Gasteiger partial charge < -0.3 is 24.6 Å². The Balaban J connectivity index is 1.41. The molecule has 10 heteroatoms. The van der Waals surface area contributed by atoms with Crippen molar-refractivity contribution in [3.8, 4) is 0 Å². The topological polar surface area (TPSA) is 85.4 Å². The van der Waals surface area contributed by atoms with E-state index < -0.39 is 11.8 Å². The molecule has 3 heterocycles. The van der Waals surface area contributed by atoms with Crippen LogP contribution in [0.2, 0.25) is 5.02 Å². The Kier molecular flexibility index (Phi) is 9.63. The van der Waals surface area contributed by atoms with Crippen molar-refractivity contribution in [2.45, 2.75) is 76.7 Å². The quantitative estimate of drug-likeness (QED) is 0.420. The molecule has 0 aromatic heterocycles. The molecule has 2 aromatic carbocycles. The fourth-order valence-electron chi connectivity index (χ4n) is 7.24. The van der Waals surface area contributed by atoms with Gasteiger partial charge in [-0.1, -0.05) is 41.9 Å². The highest BCUT2D eigenvalue weighted by atomic mass is 35.5. The first-order valence-corrected chi connectivity index (χ1v) is 15.7. The molecule has 0 radical (unpaired) electrons. The maximum absolute atomic E-state index is 13.9. The summed E-state index contributed by atoms with van der Waals surface area (Å²) in [5.41, 5.74) is 3.81. The smallest absolute Gasteiger partial charge is 0.411 e. The summed E-state index contributed by atoms with van der Waals surface area (Å²) in [5.74, 6) is 0. The van der Waals surface area contributed by atoms with Gasteiger partial charge in [-0.2, -0.15) is 0 Å². The number of nitrogens with one attached hydrogen (secondary N) is 1. The van der Waals surface area contributed by atoms with E-state index in [1.807, 2.05) is 55.1 Å². The number of benzene rings is 2. The SMILES string of the molecule is Cc1cc(COC(=O)N2CC[C@@H](N3CCc4ccccc4NC3=O)C[C@@]2(CC=O)N2CCC(N(C)C)CC2)cc(C)c1Cl. The number of hydrogen-bond donors (Lipinski definition) is 1. The summed E-state index contributed by atoms with van der Waals surface area (Å²) in [6, 6.07) is 12.0. The summed E-state index contributed by atoms with van der Waals surface area (Å²) in [6.07, 6.45) is 4.34. The van der Waals surface area contributed by atoms with Gasteiger partial charge in [0.25, 0.3) is 0 Å². The van der Waals surface area contributed by atoms with Gasteiger partial charge in [-0.3, -0.25) is 9.80 Å². The fourth-order valence-corrected chi connectivity index (χ4v) is 7.35. The molecule has 3 aliphatic rings. The Hall–Kier alpha value is -3.14. The number of carbonyl (C=O) groups is 3. The van der Waals surface area contributed by atoms with Crippen molar-refractivity contribution >= 4 is 35.7 Å². The van der Waals surface area contributed by atoms with Crippen LogP contribution >= 0.6 is 11.6 Å². The molecule has 0 bridgehead atoms. The number of anilines is 1. The number of hydrogen-bond acceptors (Lipinski definition) is 6. The number of nitrogens with zero attached hydrogens (tertiary/aromatic N) is 4. The lowest BCUT2D eigenvalue weighted by Crippen LogP contribution is -2.69. The summed E-state index contributed by atoms with van der Waals surface area (Å²) >= 11 is 6.36. The van der Waals surface area contributed by atoms with Crippen molar-refractivity contribution in [2.75, 3.05) is 45.6 Å². The van der Waals surface area contributed by atoms with Crippen LogP contribution in [0.25, 0.3) is 0 Å². The van der Waals surface area contributed by atoms with Crippen molar-refractivity contribution in [1.29, 1.82) is 0 Å². The van der Waals surface area contributed by atoms with Gasteiger partial charge in [-0.05, 0) is 81.9 Å². The maximum atomic E-state index is 13.9. The summed E-state index contributed by atoms with van der Waals surface area (Å²) in [7, 11) is 4.19. The first kappa shape index (κ1) is 31.3. The van der Waals surface area contributed by atoms with Gasteiger partial charge in [0.15, 0.2) is 0 Å². The van der Waals surface area contributed by atoms with Crippen LogP contribution < -0.4 is 5.32 Å². The van der Waals surface area contributed by atoms with Gasteiger partial charge in [0.05, 0.1) is 0 Å². The van der Waals surface area contributed by atoms with Gasteiger partial charge in [-0.25, -0.2) is 9.59 Å². The number of ether oxygens (including phenoxy) is 1. The third-order valence-electron chi connectivity index (χ3n) is 9.61. The number of aryl methyl sites for hydroxylation is 2. The lowest BCUT2D eigenvalue weighted by atomic mass is 9.84. The molecular formula is C33H44ClN5O4. The van der Waals surface area contributed by atoms with Gasteiger partial charge in [0.1, 0.15) is 18.6 Å². The third-order valence-corrected chi connectivity index (χ3v) is 10.2. The van der Waals surface area contributed by atoms with Crippen molar-refractivity contribution < 1.29 is 19.1 Å². The molecular weight excluding hydrogens is 566 g/mol. The average Bonchev–Trinajstić information content (AvgIpc) is 3.16. The van der Waals surface area contributed by atoms with E-state index in [-0.39, 0.29) is 25.1 Å². The van der Waals surface area contributed by atoms with Crippen molar-refractivity contribution in [3.05, 3.63) is 63.7 Å². The zero-order valence-electron chi connectivity index (χ0n) is 25.8.